The third kappa shape index (κ3) is 3.85. The van der Waals surface area contributed by atoms with Gasteiger partial charge in [-0.2, -0.15) is 0 Å². The number of amides is 1. The van der Waals surface area contributed by atoms with Crippen LogP contribution in [-0.4, -0.2) is 10.9 Å². The predicted octanol–water partition coefficient (Wildman–Crippen LogP) is 4.85. The van der Waals surface area contributed by atoms with Crippen molar-refractivity contribution in [2.75, 3.05) is 0 Å². The Labute approximate surface area is 152 Å². The number of aromatic nitrogens is 1. The number of hydrogen-bond acceptors (Lipinski definition) is 3. The molecule has 1 atom stereocenters. The maximum atomic E-state index is 12.5. The molecule has 2 aromatic heterocycles. The molecule has 0 spiro atoms. The molecule has 25 heavy (non-hydrogen) atoms. The van der Waals surface area contributed by atoms with E-state index in [9.17, 15) is 4.79 Å². The lowest BCUT2D eigenvalue weighted by Crippen LogP contribution is -2.33. The molecule has 0 aliphatic rings. The largest absolute Gasteiger partial charge is 0.459 e. The van der Waals surface area contributed by atoms with Gasteiger partial charge in [0.2, 0.25) is 5.91 Å². The highest BCUT2D eigenvalue weighted by atomic mass is 35.5. The Kier molecular flexibility index (Phi) is 5.09. The summed E-state index contributed by atoms with van der Waals surface area (Å²) < 4.78 is 6.04. The Morgan fingerprint density at radius 1 is 1.24 bits per heavy atom. The van der Waals surface area contributed by atoms with Crippen LogP contribution in [0.5, 0.6) is 0 Å². The van der Waals surface area contributed by atoms with E-state index in [-0.39, 0.29) is 24.3 Å². The van der Waals surface area contributed by atoms with Crippen molar-refractivity contribution in [2.45, 2.75) is 33.2 Å². The zero-order chi connectivity index (χ0) is 18.0. The summed E-state index contributed by atoms with van der Waals surface area (Å²) in [4.78, 5) is 16.5. The van der Waals surface area contributed by atoms with Gasteiger partial charge in [0.1, 0.15) is 16.5 Å². The second-order valence-electron chi connectivity index (χ2n) is 6.54. The summed E-state index contributed by atoms with van der Waals surface area (Å²) in [5, 5.41) is 4.61. The van der Waals surface area contributed by atoms with Crippen LogP contribution < -0.4 is 5.32 Å². The molecule has 0 saturated carbocycles. The molecule has 2 heterocycles. The summed E-state index contributed by atoms with van der Waals surface area (Å²) in [7, 11) is 0. The van der Waals surface area contributed by atoms with Crippen LogP contribution in [0.4, 0.5) is 0 Å². The first-order chi connectivity index (χ1) is 12.0. The molecule has 0 saturated heterocycles. The smallest absolute Gasteiger partial charge is 0.225 e. The molecular formula is C20H21ClN2O2. The Morgan fingerprint density at radius 3 is 2.64 bits per heavy atom. The zero-order valence-corrected chi connectivity index (χ0v) is 15.3. The van der Waals surface area contributed by atoms with Crippen molar-refractivity contribution in [1.82, 2.24) is 10.3 Å². The number of carbonyl (C=O) groups is 1. The standard InChI is InChI=1S/C20H21ClN2O2/c1-12(2)19(20-13(3)15-6-4-5-7-16(15)25-20)23-18(24)10-14-8-9-17(21)22-11-14/h4-9,11-12,19H,10H2,1-3H3,(H,23,24). The van der Waals surface area contributed by atoms with Crippen LogP contribution in [0.1, 0.15) is 36.8 Å². The number of fused-ring (bicyclic) bond motifs is 1. The van der Waals surface area contributed by atoms with Gasteiger partial charge in [-0.25, -0.2) is 4.98 Å². The van der Waals surface area contributed by atoms with Crippen molar-refractivity contribution in [3.05, 3.63) is 64.6 Å². The molecule has 1 unspecified atom stereocenters. The molecule has 1 N–H and O–H groups in total. The van der Waals surface area contributed by atoms with Crippen LogP contribution in [0, 0.1) is 12.8 Å². The Bertz CT molecular complexity index is 884. The van der Waals surface area contributed by atoms with Crippen LogP contribution in [0.15, 0.2) is 47.0 Å². The third-order valence-corrected chi connectivity index (χ3v) is 4.52. The topological polar surface area (TPSA) is 55.1 Å². The van der Waals surface area contributed by atoms with Crippen molar-refractivity contribution in [3.63, 3.8) is 0 Å². The van der Waals surface area contributed by atoms with Gasteiger partial charge in [0.05, 0.1) is 12.5 Å². The van der Waals surface area contributed by atoms with E-state index < -0.39 is 0 Å². The normalized spacial score (nSPS) is 12.5. The van der Waals surface area contributed by atoms with E-state index in [0.717, 1.165) is 27.9 Å². The molecule has 4 nitrogen and oxygen atoms in total. The fraction of sp³-hybridized carbons (Fsp3) is 0.300. The van der Waals surface area contributed by atoms with E-state index in [0.29, 0.717) is 5.15 Å². The first-order valence-electron chi connectivity index (χ1n) is 8.33. The first-order valence-corrected chi connectivity index (χ1v) is 8.71. The minimum Gasteiger partial charge on any atom is -0.459 e. The maximum absolute atomic E-state index is 12.5. The van der Waals surface area contributed by atoms with Crippen molar-refractivity contribution < 1.29 is 9.21 Å². The Hall–Kier alpha value is -2.33. The Balaban J connectivity index is 1.82. The second-order valence-corrected chi connectivity index (χ2v) is 6.93. The lowest BCUT2D eigenvalue weighted by atomic mass is 9.98. The second kappa shape index (κ2) is 7.28. The van der Waals surface area contributed by atoms with Crippen LogP contribution >= 0.6 is 11.6 Å². The molecule has 0 aliphatic heterocycles. The number of pyridine rings is 1. The molecule has 130 valence electrons. The molecule has 5 heteroatoms. The van der Waals surface area contributed by atoms with Gasteiger partial charge in [-0.05, 0) is 30.5 Å². The lowest BCUT2D eigenvalue weighted by molar-refractivity contribution is -0.121. The summed E-state index contributed by atoms with van der Waals surface area (Å²) in [6, 6.07) is 11.2. The van der Waals surface area contributed by atoms with Crippen LogP contribution in [0.3, 0.4) is 0 Å². The van der Waals surface area contributed by atoms with E-state index in [1.54, 1.807) is 12.3 Å². The predicted molar refractivity (Wildman–Crippen MR) is 99.6 cm³/mol. The van der Waals surface area contributed by atoms with Gasteiger partial charge in [-0.1, -0.05) is 49.7 Å². The molecule has 0 bridgehead atoms. The summed E-state index contributed by atoms with van der Waals surface area (Å²) in [6.45, 7) is 6.18. The summed E-state index contributed by atoms with van der Waals surface area (Å²) in [5.41, 5.74) is 2.74. The minimum atomic E-state index is -0.180. The molecule has 0 fully saturated rings. The van der Waals surface area contributed by atoms with Gasteiger partial charge in [0.15, 0.2) is 0 Å². The van der Waals surface area contributed by atoms with Crippen molar-refractivity contribution >= 4 is 28.5 Å². The first kappa shape index (κ1) is 17.5. The van der Waals surface area contributed by atoms with Crippen LogP contribution in [-0.2, 0) is 11.2 Å². The molecular weight excluding hydrogens is 336 g/mol. The van der Waals surface area contributed by atoms with E-state index >= 15 is 0 Å². The van der Waals surface area contributed by atoms with Crippen molar-refractivity contribution in [3.8, 4) is 0 Å². The third-order valence-electron chi connectivity index (χ3n) is 4.30. The molecule has 1 aromatic carbocycles. The zero-order valence-electron chi connectivity index (χ0n) is 14.5. The van der Waals surface area contributed by atoms with Crippen LogP contribution in [0.2, 0.25) is 5.15 Å². The van der Waals surface area contributed by atoms with Gasteiger partial charge in [-0.3, -0.25) is 4.79 Å². The van der Waals surface area contributed by atoms with Crippen molar-refractivity contribution in [1.29, 1.82) is 0 Å². The highest BCUT2D eigenvalue weighted by Gasteiger charge is 2.25. The average molecular weight is 357 g/mol. The fourth-order valence-corrected chi connectivity index (χ4v) is 3.06. The van der Waals surface area contributed by atoms with E-state index in [1.165, 1.54) is 0 Å². The molecule has 0 aliphatic carbocycles. The van der Waals surface area contributed by atoms with Gasteiger partial charge < -0.3 is 9.73 Å². The van der Waals surface area contributed by atoms with E-state index in [1.807, 2.05) is 37.3 Å². The highest BCUT2D eigenvalue weighted by Crippen LogP contribution is 2.32. The summed E-state index contributed by atoms with van der Waals surface area (Å²) >= 11 is 5.79. The quantitative estimate of drug-likeness (QED) is 0.665. The summed E-state index contributed by atoms with van der Waals surface area (Å²) in [6.07, 6.45) is 1.88. The SMILES string of the molecule is Cc1c(C(NC(=O)Cc2ccc(Cl)nc2)C(C)C)oc2ccccc12. The van der Waals surface area contributed by atoms with E-state index in [2.05, 4.69) is 24.1 Å². The highest BCUT2D eigenvalue weighted by molar-refractivity contribution is 6.29. The number of hydrogen-bond donors (Lipinski definition) is 1. The molecule has 0 radical (unpaired) electrons. The van der Waals surface area contributed by atoms with Gasteiger partial charge >= 0.3 is 0 Å². The van der Waals surface area contributed by atoms with Gasteiger partial charge in [-0.15, -0.1) is 0 Å². The van der Waals surface area contributed by atoms with E-state index in [4.69, 9.17) is 16.0 Å². The molecule has 3 rings (SSSR count). The van der Waals surface area contributed by atoms with Crippen molar-refractivity contribution in [2.24, 2.45) is 5.92 Å². The molecule has 1 amide bonds. The number of furan rings is 1. The number of halogens is 1. The van der Waals surface area contributed by atoms with Gasteiger partial charge in [0, 0.05) is 17.1 Å². The summed E-state index contributed by atoms with van der Waals surface area (Å²) in [5.74, 6) is 0.952. The fourth-order valence-electron chi connectivity index (χ4n) is 2.95. The number of aryl methyl sites for hydroxylation is 1. The monoisotopic (exact) mass is 356 g/mol. The number of nitrogens with zero attached hydrogens (tertiary/aromatic N) is 1. The maximum Gasteiger partial charge on any atom is 0.225 e. The number of benzene rings is 1. The minimum absolute atomic E-state index is 0.0670. The number of para-hydroxylation sites is 1. The number of carbonyl (C=O) groups excluding carboxylic acids is 1. The molecule has 3 aromatic rings. The lowest BCUT2D eigenvalue weighted by Gasteiger charge is -2.21. The Morgan fingerprint density at radius 2 is 2.00 bits per heavy atom. The number of nitrogens with one attached hydrogen (secondary N) is 1. The average Bonchev–Trinajstić information content (AvgIpc) is 2.91. The van der Waals surface area contributed by atoms with Gasteiger partial charge in [0.25, 0.3) is 0 Å². The number of rotatable bonds is 5. The van der Waals surface area contributed by atoms with Crippen LogP contribution in [0.25, 0.3) is 11.0 Å².